The van der Waals surface area contributed by atoms with Crippen molar-refractivity contribution in [2.24, 2.45) is 0 Å². The van der Waals surface area contributed by atoms with Gasteiger partial charge >= 0.3 is 0 Å². The van der Waals surface area contributed by atoms with Gasteiger partial charge in [-0.2, -0.15) is 0 Å². The smallest absolute Gasteiger partial charge is 0.264 e. The maximum absolute atomic E-state index is 2.89. The molecule has 0 N–H and O–H groups in total. The van der Waals surface area contributed by atoms with Crippen LogP contribution in [0.15, 0.2) is 91.0 Å². The number of rotatable bonds is 2. The van der Waals surface area contributed by atoms with Gasteiger partial charge in [-0.1, -0.05) is 137 Å². The highest BCUT2D eigenvalue weighted by Gasteiger charge is 2.62. The Morgan fingerprint density at radius 1 is 0.632 bits per heavy atom. The molecule has 0 saturated heterocycles. The molecular formula is C53H59BN2S. The van der Waals surface area contributed by atoms with Crippen LogP contribution in [0.4, 0.5) is 28.4 Å². The Kier molecular flexibility index (Phi) is 7.73. The third-order valence-electron chi connectivity index (χ3n) is 14.7. The zero-order chi connectivity index (χ0) is 40.2. The Balaban J connectivity index is 1.37. The summed E-state index contributed by atoms with van der Waals surface area (Å²) in [4.78, 5) is 5.61. The lowest BCUT2D eigenvalue weighted by Crippen LogP contribution is -2.64. The zero-order valence-electron chi connectivity index (χ0n) is 36.4. The largest absolute Gasteiger partial charge is 0.335 e. The molecule has 0 spiro atoms. The van der Waals surface area contributed by atoms with Crippen LogP contribution < -0.4 is 25.5 Å². The van der Waals surface area contributed by atoms with Gasteiger partial charge in [0, 0.05) is 42.9 Å². The molecule has 0 bridgehead atoms. The van der Waals surface area contributed by atoms with Crippen LogP contribution in [0.5, 0.6) is 0 Å². The Labute approximate surface area is 346 Å². The first kappa shape index (κ1) is 37.0. The summed E-state index contributed by atoms with van der Waals surface area (Å²) in [7, 11) is 0. The summed E-state index contributed by atoms with van der Waals surface area (Å²) in [6.07, 6.45) is 5.00. The second-order valence-corrected chi connectivity index (χ2v) is 22.6. The Morgan fingerprint density at radius 3 is 1.98 bits per heavy atom. The summed E-state index contributed by atoms with van der Waals surface area (Å²) in [6.45, 7) is 29.0. The standard InChI is InChI=1S/C53H59BN2S/c1-32-26-42-45-43(27-32)56-47-39(52(11)24-16-17-25-53(52,56)12)30-36(51(8,9)10)31-40(47)54(45)48-46(38-29-35(50(5,6)7)21-23-44(38)57-48)55(42)41-22-20-34(49(2,3)4)28-37(41)33-18-14-13-15-19-33/h13-15,18-23,26-31H,16-17,24-25H2,1-12H3. The van der Waals surface area contributed by atoms with Crippen LogP contribution in [0.3, 0.4) is 0 Å². The van der Waals surface area contributed by atoms with Crippen molar-refractivity contribution in [2.75, 3.05) is 9.80 Å². The molecular weight excluding hydrogens is 707 g/mol. The lowest BCUT2D eigenvalue weighted by molar-refractivity contribution is 0.195. The van der Waals surface area contributed by atoms with Crippen molar-refractivity contribution in [3.05, 3.63) is 119 Å². The van der Waals surface area contributed by atoms with Gasteiger partial charge in [-0.05, 0) is 124 Å². The van der Waals surface area contributed by atoms with E-state index in [0.29, 0.717) is 0 Å². The van der Waals surface area contributed by atoms with Crippen LogP contribution in [0.25, 0.3) is 21.2 Å². The van der Waals surface area contributed by atoms with Gasteiger partial charge in [-0.25, -0.2) is 0 Å². The SMILES string of the molecule is Cc1cc2c3c(c1)N1c4c(cc(C(C)(C)C)cc4C4(C)CCCCC14C)B3c1sc3ccc(C(C)(C)C)cc3c1N2c1ccc(C(C)(C)C)cc1-c1ccccc1. The number of benzene rings is 5. The summed E-state index contributed by atoms with van der Waals surface area (Å²) < 4.78 is 2.85. The predicted octanol–water partition coefficient (Wildman–Crippen LogP) is 13.1. The lowest BCUT2D eigenvalue weighted by atomic mass is 9.36. The first-order valence-electron chi connectivity index (χ1n) is 21.5. The van der Waals surface area contributed by atoms with Gasteiger partial charge in [0.25, 0.3) is 6.71 Å². The van der Waals surface area contributed by atoms with E-state index in [0.717, 1.165) is 0 Å². The minimum absolute atomic E-state index is 0.0121. The van der Waals surface area contributed by atoms with E-state index >= 15 is 0 Å². The van der Waals surface area contributed by atoms with Crippen molar-refractivity contribution >= 4 is 72.3 Å². The highest BCUT2D eigenvalue weighted by Crippen LogP contribution is 2.62. The van der Waals surface area contributed by atoms with Crippen LogP contribution >= 0.6 is 11.3 Å². The number of aryl methyl sites for hydroxylation is 1. The molecule has 5 aromatic carbocycles. The maximum Gasteiger partial charge on any atom is 0.264 e. The van der Waals surface area contributed by atoms with Crippen LogP contribution in [0, 0.1) is 6.92 Å². The molecule has 4 heteroatoms. The van der Waals surface area contributed by atoms with Crippen molar-refractivity contribution in [3.8, 4) is 11.1 Å². The van der Waals surface area contributed by atoms with Crippen LogP contribution in [-0.2, 0) is 21.7 Å². The normalized spacial score (nSPS) is 21.1. The molecule has 57 heavy (non-hydrogen) atoms. The predicted molar refractivity (Wildman–Crippen MR) is 250 cm³/mol. The molecule has 10 rings (SSSR count). The fourth-order valence-electron chi connectivity index (χ4n) is 11.2. The molecule has 1 saturated carbocycles. The number of thiophene rings is 1. The number of anilines is 5. The van der Waals surface area contributed by atoms with Gasteiger partial charge in [-0.15, -0.1) is 11.3 Å². The van der Waals surface area contributed by atoms with Gasteiger partial charge in [-0.3, -0.25) is 0 Å². The minimum Gasteiger partial charge on any atom is -0.335 e. The number of fused-ring (bicyclic) bond motifs is 9. The number of hydrogen-bond donors (Lipinski definition) is 0. The fourth-order valence-corrected chi connectivity index (χ4v) is 12.5. The molecule has 4 heterocycles. The van der Waals surface area contributed by atoms with Gasteiger partial charge in [0.15, 0.2) is 0 Å². The Morgan fingerprint density at radius 2 is 1.28 bits per heavy atom. The van der Waals surface area contributed by atoms with E-state index in [4.69, 9.17) is 0 Å². The van der Waals surface area contributed by atoms with E-state index in [1.165, 1.54) is 113 Å². The van der Waals surface area contributed by atoms with E-state index in [2.05, 4.69) is 184 Å². The van der Waals surface area contributed by atoms with E-state index in [1.54, 1.807) is 5.56 Å². The molecule has 2 unspecified atom stereocenters. The topological polar surface area (TPSA) is 6.48 Å². The summed E-state index contributed by atoms with van der Waals surface area (Å²) in [5.41, 5.74) is 19.7. The molecule has 6 aromatic rings. The Bertz CT molecular complexity index is 2650. The minimum atomic E-state index is -0.0121. The molecule has 1 aliphatic carbocycles. The highest BCUT2D eigenvalue weighted by molar-refractivity contribution is 7.33. The molecule has 1 fully saturated rings. The molecule has 4 aliphatic rings. The molecule has 0 radical (unpaired) electrons. The van der Waals surface area contributed by atoms with Crippen LogP contribution in [-0.4, -0.2) is 12.3 Å². The average molecular weight is 767 g/mol. The third kappa shape index (κ3) is 5.14. The summed E-state index contributed by atoms with van der Waals surface area (Å²) in [5.74, 6) is 0. The third-order valence-corrected chi connectivity index (χ3v) is 15.9. The van der Waals surface area contributed by atoms with E-state index in [1.807, 2.05) is 11.3 Å². The van der Waals surface area contributed by atoms with Gasteiger partial charge in [0.05, 0.1) is 16.9 Å². The average Bonchev–Trinajstić information content (AvgIpc) is 3.62. The van der Waals surface area contributed by atoms with Crippen molar-refractivity contribution in [1.82, 2.24) is 0 Å². The van der Waals surface area contributed by atoms with Gasteiger partial charge in [0.1, 0.15) is 0 Å². The van der Waals surface area contributed by atoms with E-state index in [9.17, 15) is 0 Å². The molecule has 1 aromatic heterocycles. The van der Waals surface area contributed by atoms with E-state index in [-0.39, 0.29) is 33.9 Å². The fraction of sp³-hybridized carbons (Fsp3) is 0.396. The second-order valence-electron chi connectivity index (χ2n) is 21.5. The van der Waals surface area contributed by atoms with Crippen LogP contribution in [0.1, 0.15) is 130 Å². The number of nitrogens with zero attached hydrogens (tertiary/aromatic N) is 2. The number of hydrogen-bond acceptors (Lipinski definition) is 3. The van der Waals surface area contributed by atoms with Gasteiger partial charge in [0.2, 0.25) is 0 Å². The molecule has 3 aliphatic heterocycles. The molecule has 290 valence electrons. The zero-order valence-corrected chi connectivity index (χ0v) is 37.2. The van der Waals surface area contributed by atoms with Gasteiger partial charge < -0.3 is 9.80 Å². The summed E-state index contributed by atoms with van der Waals surface area (Å²) in [6, 6.07) is 36.2. The van der Waals surface area contributed by atoms with Crippen molar-refractivity contribution < 1.29 is 0 Å². The van der Waals surface area contributed by atoms with Crippen molar-refractivity contribution in [1.29, 1.82) is 0 Å². The molecule has 2 nitrogen and oxygen atoms in total. The Hall–Kier alpha value is -4.28. The van der Waals surface area contributed by atoms with Crippen LogP contribution in [0.2, 0.25) is 0 Å². The van der Waals surface area contributed by atoms with Crippen molar-refractivity contribution in [2.45, 2.75) is 136 Å². The monoisotopic (exact) mass is 766 g/mol. The first-order chi connectivity index (χ1) is 26.8. The van der Waals surface area contributed by atoms with E-state index < -0.39 is 0 Å². The first-order valence-corrected chi connectivity index (χ1v) is 22.3. The second kappa shape index (κ2) is 11.9. The summed E-state index contributed by atoms with van der Waals surface area (Å²) in [5, 5.41) is 1.37. The lowest BCUT2D eigenvalue weighted by Gasteiger charge is -2.52. The van der Waals surface area contributed by atoms with Crippen molar-refractivity contribution in [3.63, 3.8) is 0 Å². The maximum atomic E-state index is 2.89. The highest BCUT2D eigenvalue weighted by atomic mass is 32.1. The molecule has 0 amide bonds. The quantitative estimate of drug-likeness (QED) is 0.162. The summed E-state index contributed by atoms with van der Waals surface area (Å²) >= 11 is 2.04. The molecule has 2 atom stereocenters.